The van der Waals surface area contributed by atoms with Gasteiger partial charge < -0.3 is 34.7 Å². The zero-order valence-electron chi connectivity index (χ0n) is 48.4. The summed E-state index contributed by atoms with van der Waals surface area (Å²) in [6, 6.07) is 21.6. The molecular weight excluding hydrogens is 1080 g/mol. The van der Waals surface area contributed by atoms with Crippen molar-refractivity contribution in [1.29, 1.82) is 0 Å². The van der Waals surface area contributed by atoms with E-state index in [2.05, 4.69) is 60.0 Å². The van der Waals surface area contributed by atoms with Gasteiger partial charge in [0, 0.05) is 99.6 Å². The summed E-state index contributed by atoms with van der Waals surface area (Å²) >= 11 is 0. The lowest BCUT2D eigenvalue weighted by molar-refractivity contribution is 0.0889. The molecule has 0 bridgehead atoms. The Balaban J connectivity index is 0.000000178. The van der Waals surface area contributed by atoms with Crippen LogP contribution in [0.15, 0.2) is 110 Å². The molecule has 2 aromatic carbocycles. The van der Waals surface area contributed by atoms with Gasteiger partial charge in [-0.15, -0.1) is 0 Å². The Morgan fingerprint density at radius 1 is 0.655 bits per heavy atom. The summed E-state index contributed by atoms with van der Waals surface area (Å²) in [5.41, 5.74) is 8.35. The van der Waals surface area contributed by atoms with Gasteiger partial charge in [0.2, 0.25) is 0 Å². The van der Waals surface area contributed by atoms with Gasteiger partial charge in [-0.2, -0.15) is 10.2 Å². The van der Waals surface area contributed by atoms with Gasteiger partial charge >= 0.3 is 0 Å². The molecular formula is C62H72F2N16O3Si. The lowest BCUT2D eigenvalue weighted by Gasteiger charge is -2.15. The topological polar surface area (TPSA) is 208 Å². The molecule has 0 aliphatic carbocycles. The number of carbonyl (C=O) groups excluding carboxylic acids is 2. The number of rotatable bonds is 21. The summed E-state index contributed by atoms with van der Waals surface area (Å²) in [6.07, 6.45) is 16.3. The molecule has 0 radical (unpaired) electrons. The minimum atomic E-state index is -1.26. The summed E-state index contributed by atoms with van der Waals surface area (Å²) in [4.78, 5) is 62.5. The number of fused-ring (bicyclic) bond motifs is 4. The summed E-state index contributed by atoms with van der Waals surface area (Å²) in [5.74, 6) is -1.11. The van der Waals surface area contributed by atoms with E-state index in [-0.39, 0.29) is 42.3 Å². The number of benzene rings is 2. The van der Waals surface area contributed by atoms with Crippen molar-refractivity contribution in [3.05, 3.63) is 144 Å². The number of likely N-dealkylation sites (tertiary alicyclic amines) is 2. The minimum absolute atomic E-state index is 0.122. The summed E-state index contributed by atoms with van der Waals surface area (Å²) in [7, 11) is -1.26. The number of amides is 2. The largest absolute Gasteiger partial charge is 0.361 e. The summed E-state index contributed by atoms with van der Waals surface area (Å²) < 4.78 is 40.2. The van der Waals surface area contributed by atoms with Crippen molar-refractivity contribution in [3.63, 3.8) is 0 Å². The fraction of sp³-hybridized carbons (Fsp3) is 0.387. The normalized spacial score (nSPS) is 14.8. The predicted octanol–water partition coefficient (Wildman–Crippen LogP) is 9.72. The molecule has 8 aromatic heterocycles. The van der Waals surface area contributed by atoms with Crippen LogP contribution in [0, 0.1) is 11.6 Å². The number of hydrogen-bond acceptors (Lipinski definition) is 13. The number of H-pyrrole nitrogens is 1. The van der Waals surface area contributed by atoms with E-state index in [0.29, 0.717) is 94.3 Å². The highest BCUT2D eigenvalue weighted by Crippen LogP contribution is 2.32. The van der Waals surface area contributed by atoms with Crippen LogP contribution in [0.3, 0.4) is 0 Å². The minimum Gasteiger partial charge on any atom is -0.361 e. The maximum atomic E-state index is 14.4. The van der Waals surface area contributed by atoms with Crippen molar-refractivity contribution in [2.45, 2.75) is 110 Å². The monoisotopic (exact) mass is 1150 g/mol. The second-order valence-corrected chi connectivity index (χ2v) is 28.9. The Morgan fingerprint density at radius 3 is 1.70 bits per heavy atom. The molecule has 12 rings (SSSR count). The van der Waals surface area contributed by atoms with Gasteiger partial charge in [0.25, 0.3) is 11.8 Å². The van der Waals surface area contributed by atoms with Gasteiger partial charge in [0.15, 0.2) is 11.3 Å². The Bertz CT molecular complexity index is 3910. The van der Waals surface area contributed by atoms with Crippen molar-refractivity contribution in [1.82, 2.24) is 79.4 Å². The molecule has 436 valence electrons. The molecule has 2 aliphatic heterocycles. The van der Waals surface area contributed by atoms with Crippen LogP contribution in [-0.4, -0.2) is 147 Å². The molecule has 2 unspecified atom stereocenters. The second-order valence-electron chi connectivity index (χ2n) is 23.3. The highest BCUT2D eigenvalue weighted by atomic mass is 28.3. The number of hydrogen-bond donors (Lipinski definition) is 3. The number of pyridine rings is 2. The van der Waals surface area contributed by atoms with E-state index in [1.807, 2.05) is 64.2 Å². The molecule has 2 aliphatic rings. The first-order chi connectivity index (χ1) is 40.7. The molecule has 0 saturated carbocycles. The molecule has 2 saturated heterocycles. The van der Waals surface area contributed by atoms with E-state index in [1.54, 1.807) is 49.3 Å². The first-order valence-corrected chi connectivity index (χ1v) is 32.9. The highest BCUT2D eigenvalue weighted by molar-refractivity contribution is 6.76. The van der Waals surface area contributed by atoms with Crippen molar-refractivity contribution < 1.29 is 23.1 Å². The molecule has 10 heterocycles. The third-order valence-corrected chi connectivity index (χ3v) is 17.2. The molecule has 3 N–H and O–H groups in total. The van der Waals surface area contributed by atoms with Crippen LogP contribution in [0.1, 0.15) is 71.6 Å². The first kappa shape index (κ1) is 57.6. The van der Waals surface area contributed by atoms with Crippen molar-refractivity contribution in [2.24, 2.45) is 0 Å². The van der Waals surface area contributed by atoms with Gasteiger partial charge in [0.05, 0.1) is 47.6 Å². The number of nitrogens with one attached hydrogen (secondary N) is 3. The Labute approximate surface area is 487 Å². The van der Waals surface area contributed by atoms with Crippen LogP contribution < -0.4 is 10.6 Å². The molecule has 0 spiro atoms. The zero-order valence-corrected chi connectivity index (χ0v) is 49.4. The van der Waals surface area contributed by atoms with E-state index in [9.17, 15) is 18.4 Å². The predicted molar refractivity (Wildman–Crippen MR) is 324 cm³/mol. The van der Waals surface area contributed by atoms with Gasteiger partial charge in [-0.25, -0.2) is 28.7 Å². The molecule has 84 heavy (non-hydrogen) atoms. The third-order valence-electron chi connectivity index (χ3n) is 15.5. The van der Waals surface area contributed by atoms with Gasteiger partial charge in [-0.05, 0) is 132 Å². The second kappa shape index (κ2) is 25.8. The van der Waals surface area contributed by atoms with E-state index < -0.39 is 8.07 Å². The van der Waals surface area contributed by atoms with E-state index in [1.165, 1.54) is 49.9 Å². The van der Waals surface area contributed by atoms with Crippen LogP contribution in [0.25, 0.3) is 66.9 Å². The number of ether oxygens (including phenoxy) is 1. The molecule has 2 atom stereocenters. The summed E-state index contributed by atoms with van der Waals surface area (Å²) in [6.45, 7) is 19.1. The van der Waals surface area contributed by atoms with E-state index in [0.717, 1.165) is 73.0 Å². The maximum absolute atomic E-state index is 14.4. The van der Waals surface area contributed by atoms with Crippen LogP contribution in [0.5, 0.6) is 0 Å². The lowest BCUT2D eigenvalue weighted by atomic mass is 10.1. The van der Waals surface area contributed by atoms with Crippen LogP contribution in [0.2, 0.25) is 25.7 Å². The van der Waals surface area contributed by atoms with Gasteiger partial charge in [-0.3, -0.25) is 28.9 Å². The lowest BCUT2D eigenvalue weighted by Crippen LogP contribution is -2.34. The van der Waals surface area contributed by atoms with Crippen LogP contribution in [-0.2, 0) is 37.4 Å². The fourth-order valence-corrected chi connectivity index (χ4v) is 11.8. The van der Waals surface area contributed by atoms with Gasteiger partial charge in [0.1, 0.15) is 52.2 Å². The van der Waals surface area contributed by atoms with E-state index >= 15 is 0 Å². The van der Waals surface area contributed by atoms with E-state index in [4.69, 9.17) is 29.9 Å². The van der Waals surface area contributed by atoms with Gasteiger partial charge in [-0.1, -0.05) is 31.8 Å². The third kappa shape index (κ3) is 13.7. The average Bonchev–Trinajstić information content (AvgIpc) is 2.68. The van der Waals surface area contributed by atoms with Crippen molar-refractivity contribution in [3.8, 4) is 22.8 Å². The standard InChI is InChI=1S/C34H43FN8O2Si.C28H29FN8O/c1-24(19-26-9-5-6-12-36-26)38-34(44)28-22-42(23-45-17-18-46(2,3)4)33-32(28)39-29(21-37-33)31-27-11-10-25(35)20-30(27)43(40-31)16-15-41-13-7-8-14-41;1-18(14-20-6-2-3-9-30-20)33-28(38)22-16-31-27-26(22)34-23(17-32-27)25-21-8-7-19(29)15-24(21)37(35-25)13-12-36-10-4-5-11-36/h5-6,9-12,20-22,24H,7-8,13-19,23H2,1-4H3,(H,38,44);2-3,6-9,15-18H,4-5,10-14H2,1H3,(H,31,32)(H,33,38). The number of aromatic nitrogens is 12. The molecule has 10 aromatic rings. The highest BCUT2D eigenvalue weighted by Gasteiger charge is 2.25. The SMILES string of the molecule is CC(Cc1ccccn1)NC(=O)c1c[nH]c2ncc(-c3nn(CCN4CCCC4)c4cc(F)ccc34)nc12.CC(Cc1ccccn1)NC(=O)c1cn(COCC[Si](C)(C)C)c2ncc(-c3nn(CCN4CCCC4)c4cc(F)ccc34)nc12. The Hall–Kier alpha value is -8.18. The number of aromatic amines is 1. The quantitative estimate of drug-likeness (QED) is 0.0453. The van der Waals surface area contributed by atoms with Crippen LogP contribution in [0.4, 0.5) is 8.78 Å². The maximum Gasteiger partial charge on any atom is 0.255 e. The van der Waals surface area contributed by atoms with Crippen LogP contribution >= 0.6 is 0 Å². The molecule has 2 fully saturated rings. The average molecular weight is 1160 g/mol. The Morgan fingerprint density at radius 2 is 1.18 bits per heavy atom. The number of carbonyl (C=O) groups is 2. The Kier molecular flexibility index (Phi) is 17.7. The van der Waals surface area contributed by atoms with Crippen molar-refractivity contribution in [2.75, 3.05) is 45.9 Å². The fourth-order valence-electron chi connectivity index (χ4n) is 11.0. The first-order valence-electron chi connectivity index (χ1n) is 29.2. The number of halogens is 2. The smallest absolute Gasteiger partial charge is 0.255 e. The summed E-state index contributed by atoms with van der Waals surface area (Å²) in [5, 5.41) is 17.5. The van der Waals surface area contributed by atoms with Crippen molar-refractivity contribution >= 4 is 64.0 Å². The molecule has 2 amide bonds. The molecule has 22 heteroatoms. The molecule has 19 nitrogen and oxygen atoms in total. The zero-order chi connectivity index (χ0) is 58.3. The number of nitrogens with zero attached hydrogens (tertiary/aromatic N) is 13.